The average Bonchev–Trinajstić information content (AvgIpc) is 3.46. The molecule has 5 rings (SSSR count). The van der Waals surface area contributed by atoms with Crippen LogP contribution in [0.2, 0.25) is 0 Å². The Morgan fingerprint density at radius 2 is 1.85 bits per heavy atom. The van der Waals surface area contributed by atoms with Crippen molar-refractivity contribution in [3.8, 4) is 16.9 Å². The maximum Gasteiger partial charge on any atom is 0.239 e. The molecule has 1 aliphatic carbocycles. The van der Waals surface area contributed by atoms with Crippen LogP contribution in [0, 0.1) is 5.92 Å². The summed E-state index contributed by atoms with van der Waals surface area (Å²) in [5.74, 6) is 0.0249. The zero-order valence-electron chi connectivity index (χ0n) is 18.7. The summed E-state index contributed by atoms with van der Waals surface area (Å²) >= 11 is 0. The zero-order chi connectivity index (χ0) is 22.8. The Hall–Kier alpha value is -3.45. The number of hydrogen-bond acceptors (Lipinski definition) is 4. The number of nitrogens with one attached hydrogen (secondary N) is 1. The van der Waals surface area contributed by atoms with Crippen LogP contribution in [0.15, 0.2) is 54.6 Å². The Labute approximate surface area is 193 Å². The average molecular weight is 444 g/mol. The fourth-order valence-electron chi connectivity index (χ4n) is 4.93. The van der Waals surface area contributed by atoms with Gasteiger partial charge in [-0.15, -0.1) is 0 Å². The molecule has 7 nitrogen and oxygen atoms in total. The van der Waals surface area contributed by atoms with Gasteiger partial charge in [0.1, 0.15) is 5.82 Å². The summed E-state index contributed by atoms with van der Waals surface area (Å²) in [4.78, 5) is 26.5. The van der Waals surface area contributed by atoms with Gasteiger partial charge in [0.15, 0.2) is 0 Å². The first-order valence-corrected chi connectivity index (χ1v) is 11.7. The Kier molecular flexibility index (Phi) is 5.96. The predicted molar refractivity (Wildman–Crippen MR) is 128 cm³/mol. The third kappa shape index (κ3) is 4.68. The van der Waals surface area contributed by atoms with E-state index in [4.69, 9.17) is 10.8 Å². The second-order valence-corrected chi connectivity index (χ2v) is 9.02. The molecule has 0 saturated carbocycles. The van der Waals surface area contributed by atoms with E-state index in [1.54, 1.807) is 4.68 Å². The molecule has 2 aliphatic rings. The van der Waals surface area contributed by atoms with Crippen molar-refractivity contribution >= 4 is 17.6 Å². The molecule has 2 heterocycles. The van der Waals surface area contributed by atoms with Gasteiger partial charge in [0, 0.05) is 18.2 Å². The number of aryl methyl sites for hydroxylation is 2. The molecule has 0 bridgehead atoms. The number of benzene rings is 2. The van der Waals surface area contributed by atoms with Gasteiger partial charge in [0.25, 0.3) is 0 Å². The molecule has 1 aromatic heterocycles. The molecule has 0 radical (unpaired) electrons. The maximum atomic E-state index is 12.9. The van der Waals surface area contributed by atoms with Crippen LogP contribution in [0.1, 0.15) is 30.4 Å². The lowest BCUT2D eigenvalue weighted by atomic mass is 9.97. The van der Waals surface area contributed by atoms with E-state index in [-0.39, 0.29) is 24.3 Å². The van der Waals surface area contributed by atoms with Gasteiger partial charge in [-0.1, -0.05) is 30.3 Å². The number of nitrogens with zero attached hydrogens (tertiary/aromatic N) is 3. The van der Waals surface area contributed by atoms with E-state index in [1.165, 1.54) is 17.5 Å². The molecule has 2 amide bonds. The molecule has 2 aromatic carbocycles. The minimum Gasteiger partial charge on any atom is -0.369 e. The molecular weight excluding hydrogens is 414 g/mol. The number of para-hydroxylation sites is 1. The topological polar surface area (TPSA) is 93.2 Å². The van der Waals surface area contributed by atoms with Crippen molar-refractivity contribution in [1.29, 1.82) is 0 Å². The van der Waals surface area contributed by atoms with Crippen molar-refractivity contribution in [2.45, 2.75) is 32.1 Å². The number of likely N-dealkylation sites (tertiary alicyclic amines) is 1. The normalized spacial score (nSPS) is 18.1. The molecule has 3 aromatic rings. The molecule has 0 spiro atoms. The van der Waals surface area contributed by atoms with Gasteiger partial charge in [0.05, 0.1) is 23.8 Å². The third-order valence-electron chi connectivity index (χ3n) is 6.65. The van der Waals surface area contributed by atoms with E-state index in [2.05, 4.69) is 23.5 Å². The standard InChI is InChI=1S/C26H29N5O2/c27-26(33)21-8-5-13-30(16-21)17-25(32)28-24-15-23(29-31(24)22-9-2-1-3-10-22)20-12-11-18-6-4-7-19(18)14-20/h1-3,9-12,14-15,21H,4-8,13,16-17H2,(H2,27,33)(H,28,32)/t21-/m1/s1. The predicted octanol–water partition coefficient (Wildman–Crippen LogP) is 3.16. The Bertz CT molecular complexity index is 1170. The number of piperidine rings is 1. The number of aromatic nitrogens is 2. The van der Waals surface area contributed by atoms with Crippen LogP contribution in [-0.4, -0.2) is 46.1 Å². The van der Waals surface area contributed by atoms with E-state index >= 15 is 0 Å². The SMILES string of the molecule is NC(=O)[C@@H]1CCCN(CC(=O)Nc2cc(-c3ccc4c(c3)CCC4)nn2-c2ccccc2)C1. The van der Waals surface area contributed by atoms with Crippen molar-refractivity contribution < 1.29 is 9.59 Å². The van der Waals surface area contributed by atoms with Gasteiger partial charge in [0.2, 0.25) is 11.8 Å². The monoisotopic (exact) mass is 443 g/mol. The van der Waals surface area contributed by atoms with Crippen LogP contribution < -0.4 is 11.1 Å². The lowest BCUT2D eigenvalue weighted by molar-refractivity contribution is -0.125. The van der Waals surface area contributed by atoms with E-state index < -0.39 is 0 Å². The summed E-state index contributed by atoms with van der Waals surface area (Å²) in [6, 6.07) is 18.3. The second kappa shape index (κ2) is 9.19. The molecule has 0 unspecified atom stereocenters. The Balaban J connectivity index is 1.39. The Morgan fingerprint density at radius 3 is 2.67 bits per heavy atom. The van der Waals surface area contributed by atoms with Crippen molar-refractivity contribution in [1.82, 2.24) is 14.7 Å². The number of rotatable bonds is 6. The van der Waals surface area contributed by atoms with Crippen LogP contribution in [0.5, 0.6) is 0 Å². The number of hydrogen-bond donors (Lipinski definition) is 2. The lowest BCUT2D eigenvalue weighted by Crippen LogP contribution is -2.44. The number of primary amides is 1. The van der Waals surface area contributed by atoms with Gasteiger partial charge in [-0.25, -0.2) is 4.68 Å². The lowest BCUT2D eigenvalue weighted by Gasteiger charge is -2.30. The van der Waals surface area contributed by atoms with E-state index in [1.807, 2.05) is 41.3 Å². The molecule has 3 N–H and O–H groups in total. The summed E-state index contributed by atoms with van der Waals surface area (Å²) in [5, 5.41) is 7.89. The molecule has 170 valence electrons. The highest BCUT2D eigenvalue weighted by atomic mass is 16.2. The first kappa shape index (κ1) is 21.4. The molecule has 33 heavy (non-hydrogen) atoms. The summed E-state index contributed by atoms with van der Waals surface area (Å²) in [5.41, 5.74) is 11.1. The fourth-order valence-corrected chi connectivity index (χ4v) is 4.93. The summed E-state index contributed by atoms with van der Waals surface area (Å²) in [6.45, 7) is 1.54. The highest BCUT2D eigenvalue weighted by molar-refractivity contribution is 5.92. The minimum atomic E-state index is -0.291. The summed E-state index contributed by atoms with van der Waals surface area (Å²) < 4.78 is 1.78. The number of amides is 2. The highest BCUT2D eigenvalue weighted by Gasteiger charge is 2.25. The van der Waals surface area contributed by atoms with Crippen LogP contribution >= 0.6 is 0 Å². The first-order chi connectivity index (χ1) is 16.1. The molecule has 1 saturated heterocycles. The minimum absolute atomic E-state index is 0.127. The van der Waals surface area contributed by atoms with Crippen molar-refractivity contribution in [3.63, 3.8) is 0 Å². The largest absolute Gasteiger partial charge is 0.369 e. The van der Waals surface area contributed by atoms with Crippen molar-refractivity contribution in [3.05, 3.63) is 65.7 Å². The highest BCUT2D eigenvalue weighted by Crippen LogP contribution is 2.30. The van der Waals surface area contributed by atoms with Gasteiger partial charge >= 0.3 is 0 Å². The summed E-state index contributed by atoms with van der Waals surface area (Å²) in [6.07, 6.45) is 5.10. The fraction of sp³-hybridized carbons (Fsp3) is 0.346. The number of carbonyl (C=O) groups excluding carboxylic acids is 2. The molecule has 7 heteroatoms. The second-order valence-electron chi connectivity index (χ2n) is 9.02. The smallest absolute Gasteiger partial charge is 0.239 e. The van der Waals surface area contributed by atoms with Gasteiger partial charge < -0.3 is 11.1 Å². The van der Waals surface area contributed by atoms with Gasteiger partial charge in [-0.3, -0.25) is 14.5 Å². The summed E-state index contributed by atoms with van der Waals surface area (Å²) in [7, 11) is 0. The van der Waals surface area contributed by atoms with Crippen LogP contribution in [-0.2, 0) is 22.4 Å². The van der Waals surface area contributed by atoms with E-state index in [0.29, 0.717) is 12.4 Å². The molecule has 1 aliphatic heterocycles. The molecule has 1 fully saturated rings. The van der Waals surface area contributed by atoms with Crippen LogP contribution in [0.25, 0.3) is 16.9 Å². The number of carbonyl (C=O) groups is 2. The first-order valence-electron chi connectivity index (χ1n) is 11.7. The van der Waals surface area contributed by atoms with E-state index in [0.717, 1.165) is 49.2 Å². The maximum absolute atomic E-state index is 12.9. The Morgan fingerprint density at radius 1 is 1.03 bits per heavy atom. The molecule has 1 atom stereocenters. The zero-order valence-corrected chi connectivity index (χ0v) is 18.7. The van der Waals surface area contributed by atoms with E-state index in [9.17, 15) is 9.59 Å². The van der Waals surface area contributed by atoms with Gasteiger partial charge in [-0.2, -0.15) is 5.10 Å². The number of nitrogens with two attached hydrogens (primary N) is 1. The number of anilines is 1. The third-order valence-corrected chi connectivity index (χ3v) is 6.65. The molecular formula is C26H29N5O2. The quantitative estimate of drug-likeness (QED) is 0.612. The van der Waals surface area contributed by atoms with Gasteiger partial charge in [-0.05, 0) is 68.0 Å². The van der Waals surface area contributed by atoms with Crippen LogP contribution in [0.4, 0.5) is 5.82 Å². The van der Waals surface area contributed by atoms with Crippen molar-refractivity contribution in [2.24, 2.45) is 11.7 Å². The number of fused-ring (bicyclic) bond motifs is 1. The van der Waals surface area contributed by atoms with Crippen LogP contribution in [0.3, 0.4) is 0 Å². The van der Waals surface area contributed by atoms with Crippen molar-refractivity contribution in [2.75, 3.05) is 25.0 Å².